The number of piperidine rings is 1. The summed E-state index contributed by atoms with van der Waals surface area (Å²) in [5.74, 6) is 1.88. The van der Waals surface area contributed by atoms with E-state index in [0.717, 1.165) is 38.5 Å². The first-order chi connectivity index (χ1) is 14.8. The molecular weight excluding hydrogens is 414 g/mol. The lowest BCUT2D eigenvalue weighted by molar-refractivity contribution is -0.130. The Morgan fingerprint density at radius 3 is 2.74 bits per heavy atom. The van der Waals surface area contributed by atoms with Crippen LogP contribution in [0.25, 0.3) is 0 Å². The van der Waals surface area contributed by atoms with Crippen molar-refractivity contribution >= 4 is 35.2 Å². The number of anilines is 2. The van der Waals surface area contributed by atoms with Gasteiger partial charge in [0.05, 0.1) is 5.92 Å². The van der Waals surface area contributed by atoms with Crippen molar-refractivity contribution in [3.63, 3.8) is 0 Å². The number of fused-ring (bicyclic) bond motifs is 1. The number of carbonyl (C=O) groups is 2. The number of alkyl halides is 1. The van der Waals surface area contributed by atoms with E-state index in [1.807, 2.05) is 11.8 Å². The molecule has 8 heteroatoms. The second kappa shape index (κ2) is 9.31. The number of hydrogen-bond acceptors (Lipinski definition) is 5. The molecule has 1 aromatic heterocycles. The van der Waals surface area contributed by atoms with Crippen molar-refractivity contribution in [1.82, 2.24) is 15.3 Å². The van der Waals surface area contributed by atoms with Crippen LogP contribution in [0.4, 0.5) is 11.8 Å². The maximum atomic E-state index is 12.8. The fourth-order valence-corrected chi connectivity index (χ4v) is 5.32. The smallest absolute Gasteiger partial charge is 0.228 e. The fourth-order valence-electron chi connectivity index (χ4n) is 4.97. The van der Waals surface area contributed by atoms with Crippen LogP contribution in [0.15, 0.2) is 12.3 Å². The summed E-state index contributed by atoms with van der Waals surface area (Å²) in [5, 5.41) is 6.74. The third-order valence-corrected chi connectivity index (χ3v) is 7.15. The summed E-state index contributed by atoms with van der Waals surface area (Å²) in [6.07, 6.45) is 7.93. The molecule has 3 aliphatic rings. The molecule has 1 saturated heterocycles. The van der Waals surface area contributed by atoms with Gasteiger partial charge in [-0.1, -0.05) is 13.8 Å². The number of halogens is 1. The van der Waals surface area contributed by atoms with Crippen LogP contribution in [-0.2, 0) is 9.59 Å². The van der Waals surface area contributed by atoms with Gasteiger partial charge in [0.15, 0.2) is 0 Å². The van der Waals surface area contributed by atoms with Crippen LogP contribution >= 0.6 is 11.6 Å². The number of nitrogens with one attached hydrogen (secondary N) is 2. The Bertz CT molecular complexity index is 815. The van der Waals surface area contributed by atoms with Gasteiger partial charge in [-0.05, 0) is 63.4 Å². The monoisotopic (exact) mass is 447 g/mol. The van der Waals surface area contributed by atoms with E-state index in [4.69, 9.17) is 11.6 Å². The Kier molecular flexibility index (Phi) is 6.70. The van der Waals surface area contributed by atoms with Crippen LogP contribution in [0, 0.1) is 17.8 Å². The van der Waals surface area contributed by atoms with Crippen molar-refractivity contribution in [3.8, 4) is 0 Å². The fraction of sp³-hybridized carbons (Fsp3) is 0.739. The predicted molar refractivity (Wildman–Crippen MR) is 122 cm³/mol. The first kappa shape index (κ1) is 22.3. The zero-order chi connectivity index (χ0) is 22.1. The molecule has 3 fully saturated rings. The van der Waals surface area contributed by atoms with Gasteiger partial charge in [-0.2, -0.15) is 4.98 Å². The van der Waals surface area contributed by atoms with E-state index in [0.29, 0.717) is 30.0 Å². The highest BCUT2D eigenvalue weighted by Crippen LogP contribution is 2.37. The Labute approximate surface area is 189 Å². The van der Waals surface area contributed by atoms with E-state index in [1.54, 1.807) is 12.3 Å². The van der Waals surface area contributed by atoms with Crippen LogP contribution in [0.5, 0.6) is 0 Å². The number of amides is 2. The third-order valence-electron chi connectivity index (χ3n) is 6.75. The molecule has 1 aliphatic heterocycles. The Hall–Kier alpha value is -1.89. The number of carbonyl (C=O) groups excluding carboxylic acids is 2. The van der Waals surface area contributed by atoms with Crippen molar-refractivity contribution in [1.29, 1.82) is 0 Å². The molecule has 7 nitrogen and oxygen atoms in total. The Balaban J connectivity index is 1.44. The van der Waals surface area contributed by atoms with Crippen LogP contribution in [0.1, 0.15) is 65.7 Å². The third kappa shape index (κ3) is 5.30. The molecule has 2 heterocycles. The lowest BCUT2D eigenvalue weighted by atomic mass is 9.74. The van der Waals surface area contributed by atoms with Crippen molar-refractivity contribution in [2.75, 3.05) is 10.2 Å². The number of rotatable bonds is 7. The molecule has 2 amide bonds. The van der Waals surface area contributed by atoms with Crippen LogP contribution < -0.4 is 15.5 Å². The number of nitrogens with zero attached hydrogens (tertiary/aromatic N) is 3. The standard InChI is InChI=1S/C23H34ClN5O2/c1-13(2)10-21(30)29(17-5-6-17)20-8-9-25-23(28-20)26-14(3)18-12-15-11-16(24)4-7-19(15)27-22(18)31/h8-9,13-19H,4-7,10-12H2,1-3H3,(H,27,31)(H,25,26,28)/t14-,15?,16?,18?,19?/m0/s1. The SMILES string of the molecule is CC(C)CC(=O)N(c1ccnc(N[C@@H](C)C2CC3CC(Cl)CCC3NC2=O)n1)C1CC1. The van der Waals surface area contributed by atoms with Gasteiger partial charge >= 0.3 is 0 Å². The van der Waals surface area contributed by atoms with Crippen molar-refractivity contribution in [2.24, 2.45) is 17.8 Å². The summed E-state index contributed by atoms with van der Waals surface area (Å²) in [6.45, 7) is 6.11. The molecule has 4 rings (SSSR count). The van der Waals surface area contributed by atoms with Gasteiger partial charge < -0.3 is 10.6 Å². The lowest BCUT2D eigenvalue weighted by Gasteiger charge is -2.42. The summed E-state index contributed by atoms with van der Waals surface area (Å²) >= 11 is 6.38. The quantitative estimate of drug-likeness (QED) is 0.622. The summed E-state index contributed by atoms with van der Waals surface area (Å²) in [7, 11) is 0. The van der Waals surface area contributed by atoms with E-state index >= 15 is 0 Å². The van der Waals surface area contributed by atoms with Crippen LogP contribution in [0.3, 0.4) is 0 Å². The van der Waals surface area contributed by atoms with Gasteiger partial charge in [0, 0.05) is 36.1 Å². The summed E-state index contributed by atoms with van der Waals surface area (Å²) in [4.78, 5) is 36.4. The maximum Gasteiger partial charge on any atom is 0.228 e. The molecule has 0 aromatic carbocycles. The maximum absolute atomic E-state index is 12.8. The molecular formula is C23H34ClN5O2. The highest BCUT2D eigenvalue weighted by molar-refractivity contribution is 6.20. The molecule has 4 unspecified atom stereocenters. The molecule has 0 radical (unpaired) electrons. The average Bonchev–Trinajstić information content (AvgIpc) is 3.52. The molecule has 5 atom stereocenters. The molecule has 170 valence electrons. The zero-order valence-electron chi connectivity index (χ0n) is 18.7. The second-order valence-corrected chi connectivity index (χ2v) is 10.5. The van der Waals surface area contributed by atoms with Gasteiger partial charge in [-0.3, -0.25) is 14.5 Å². The topological polar surface area (TPSA) is 87.2 Å². The molecule has 0 bridgehead atoms. The van der Waals surface area contributed by atoms with E-state index in [2.05, 4.69) is 34.4 Å². The van der Waals surface area contributed by atoms with Gasteiger partial charge in [0.1, 0.15) is 5.82 Å². The van der Waals surface area contributed by atoms with Gasteiger partial charge in [-0.25, -0.2) is 4.98 Å². The Morgan fingerprint density at radius 2 is 2.03 bits per heavy atom. The normalized spacial score (nSPS) is 29.1. The zero-order valence-corrected chi connectivity index (χ0v) is 19.4. The van der Waals surface area contributed by atoms with Gasteiger partial charge in [0.25, 0.3) is 0 Å². The minimum Gasteiger partial charge on any atom is -0.353 e. The summed E-state index contributed by atoms with van der Waals surface area (Å²) in [5.41, 5.74) is 0. The molecule has 0 spiro atoms. The molecule has 31 heavy (non-hydrogen) atoms. The van der Waals surface area contributed by atoms with Crippen LogP contribution in [-0.4, -0.2) is 45.3 Å². The Morgan fingerprint density at radius 1 is 1.26 bits per heavy atom. The molecule has 2 N–H and O–H groups in total. The van der Waals surface area contributed by atoms with E-state index in [-0.39, 0.29) is 41.2 Å². The highest BCUT2D eigenvalue weighted by atomic mass is 35.5. The molecule has 2 aliphatic carbocycles. The summed E-state index contributed by atoms with van der Waals surface area (Å²) in [6, 6.07) is 2.17. The molecule has 2 saturated carbocycles. The van der Waals surface area contributed by atoms with Crippen molar-refractivity contribution in [2.45, 2.75) is 89.2 Å². The van der Waals surface area contributed by atoms with Crippen molar-refractivity contribution < 1.29 is 9.59 Å². The van der Waals surface area contributed by atoms with Gasteiger partial charge in [-0.15, -0.1) is 11.6 Å². The lowest BCUT2D eigenvalue weighted by Crippen LogP contribution is -2.55. The first-order valence-electron chi connectivity index (χ1n) is 11.7. The van der Waals surface area contributed by atoms with E-state index in [9.17, 15) is 9.59 Å². The van der Waals surface area contributed by atoms with Crippen molar-refractivity contribution in [3.05, 3.63) is 12.3 Å². The molecule has 1 aromatic rings. The first-order valence-corrected chi connectivity index (χ1v) is 12.1. The minimum atomic E-state index is -0.155. The van der Waals surface area contributed by atoms with Crippen LogP contribution in [0.2, 0.25) is 0 Å². The number of hydrogen-bond donors (Lipinski definition) is 2. The minimum absolute atomic E-state index is 0.0946. The second-order valence-electron chi connectivity index (χ2n) is 9.89. The average molecular weight is 448 g/mol. The highest BCUT2D eigenvalue weighted by Gasteiger charge is 2.41. The van der Waals surface area contributed by atoms with E-state index < -0.39 is 0 Å². The van der Waals surface area contributed by atoms with E-state index in [1.165, 1.54) is 0 Å². The largest absolute Gasteiger partial charge is 0.353 e. The number of aromatic nitrogens is 2. The predicted octanol–water partition coefficient (Wildman–Crippen LogP) is 3.73. The van der Waals surface area contributed by atoms with Gasteiger partial charge in [0.2, 0.25) is 17.8 Å². The summed E-state index contributed by atoms with van der Waals surface area (Å²) < 4.78 is 0.